The summed E-state index contributed by atoms with van der Waals surface area (Å²) in [5.41, 5.74) is 0.254. The van der Waals surface area contributed by atoms with Crippen LogP contribution >= 0.6 is 15.9 Å². The van der Waals surface area contributed by atoms with E-state index in [0.29, 0.717) is 13.2 Å². The van der Waals surface area contributed by atoms with E-state index in [1.54, 1.807) is 0 Å². The highest BCUT2D eigenvalue weighted by Crippen LogP contribution is 2.29. The molecule has 0 spiro atoms. The second-order valence-electron chi connectivity index (χ2n) is 3.13. The highest BCUT2D eigenvalue weighted by Gasteiger charge is 2.22. The number of halogens is 2. The summed E-state index contributed by atoms with van der Waals surface area (Å²) < 4.78 is 24.0. The van der Waals surface area contributed by atoms with Crippen LogP contribution < -0.4 is 4.74 Å². The molecular weight excluding hydrogens is 265 g/mol. The number of ether oxygens (including phenoxy) is 2. The summed E-state index contributed by atoms with van der Waals surface area (Å²) in [4.78, 5) is 0. The van der Waals surface area contributed by atoms with Crippen LogP contribution in [0.3, 0.4) is 0 Å². The van der Waals surface area contributed by atoms with Crippen LogP contribution in [0.4, 0.5) is 4.39 Å². The first-order chi connectivity index (χ1) is 7.22. The third-order valence-electron chi connectivity index (χ3n) is 2.07. The lowest BCUT2D eigenvalue weighted by Crippen LogP contribution is -2.38. The number of benzene rings is 1. The largest absolute Gasteiger partial charge is 0.482 e. The molecule has 1 aromatic rings. The molecule has 0 saturated carbocycles. The Morgan fingerprint density at radius 3 is 2.80 bits per heavy atom. The molecule has 1 aliphatic heterocycles. The lowest BCUT2D eigenvalue weighted by atomic mass is 10.2. The molecule has 0 aromatic heterocycles. The van der Waals surface area contributed by atoms with Crippen LogP contribution in [0.2, 0.25) is 0 Å². The highest BCUT2D eigenvalue weighted by atomic mass is 79.9. The summed E-state index contributed by atoms with van der Waals surface area (Å²) in [6.07, 6.45) is -0.0839. The van der Waals surface area contributed by atoms with E-state index in [-0.39, 0.29) is 21.9 Å². The Hall–Kier alpha value is -1.12. The average molecular weight is 272 g/mol. The first-order valence-electron chi connectivity index (χ1n) is 4.35. The normalized spacial score (nSPS) is 15.5. The van der Waals surface area contributed by atoms with Gasteiger partial charge >= 0.3 is 0 Å². The van der Waals surface area contributed by atoms with Gasteiger partial charge in [-0.2, -0.15) is 5.26 Å². The molecule has 0 unspecified atom stereocenters. The van der Waals surface area contributed by atoms with Gasteiger partial charge in [0, 0.05) is 0 Å². The highest BCUT2D eigenvalue weighted by molar-refractivity contribution is 9.10. The molecule has 5 heteroatoms. The van der Waals surface area contributed by atoms with Gasteiger partial charge in [0.15, 0.2) is 11.6 Å². The number of rotatable bonds is 2. The fourth-order valence-electron chi connectivity index (χ4n) is 1.17. The fourth-order valence-corrected chi connectivity index (χ4v) is 1.59. The van der Waals surface area contributed by atoms with Crippen molar-refractivity contribution >= 4 is 15.9 Å². The van der Waals surface area contributed by atoms with Gasteiger partial charge in [0.2, 0.25) is 0 Å². The van der Waals surface area contributed by atoms with E-state index < -0.39 is 5.82 Å². The molecule has 1 saturated heterocycles. The molecule has 0 aliphatic carbocycles. The Morgan fingerprint density at radius 2 is 2.27 bits per heavy atom. The number of hydrogen-bond donors (Lipinski definition) is 0. The van der Waals surface area contributed by atoms with Crippen molar-refractivity contribution < 1.29 is 13.9 Å². The lowest BCUT2D eigenvalue weighted by molar-refractivity contribution is -0.0809. The van der Waals surface area contributed by atoms with Crippen LogP contribution in [-0.4, -0.2) is 19.3 Å². The summed E-state index contributed by atoms with van der Waals surface area (Å²) in [6.45, 7) is 0.966. The van der Waals surface area contributed by atoms with Crippen molar-refractivity contribution in [1.82, 2.24) is 0 Å². The molecule has 0 atom stereocenters. The second-order valence-corrected chi connectivity index (χ2v) is 3.92. The Bertz CT molecular complexity index is 426. The van der Waals surface area contributed by atoms with E-state index in [1.165, 1.54) is 12.1 Å². The maximum atomic E-state index is 13.6. The van der Waals surface area contributed by atoms with Gasteiger partial charge in [-0.1, -0.05) is 0 Å². The first-order valence-corrected chi connectivity index (χ1v) is 5.14. The predicted molar refractivity (Wildman–Crippen MR) is 54.1 cm³/mol. The molecule has 1 aliphatic rings. The van der Waals surface area contributed by atoms with Crippen LogP contribution in [0.1, 0.15) is 5.56 Å². The van der Waals surface area contributed by atoms with Gasteiger partial charge in [-0.3, -0.25) is 0 Å². The van der Waals surface area contributed by atoms with Gasteiger partial charge in [-0.05, 0) is 28.1 Å². The summed E-state index contributed by atoms with van der Waals surface area (Å²) in [5, 5.41) is 8.67. The Balaban J connectivity index is 2.25. The number of nitriles is 1. The van der Waals surface area contributed by atoms with Crippen molar-refractivity contribution in [2.24, 2.45) is 0 Å². The predicted octanol–water partition coefficient (Wildman–Crippen LogP) is 2.24. The van der Waals surface area contributed by atoms with Gasteiger partial charge in [-0.25, -0.2) is 4.39 Å². The third kappa shape index (κ3) is 1.96. The maximum absolute atomic E-state index is 13.6. The quantitative estimate of drug-likeness (QED) is 0.829. The van der Waals surface area contributed by atoms with Crippen LogP contribution in [0.15, 0.2) is 16.6 Å². The van der Waals surface area contributed by atoms with Crippen LogP contribution in [0, 0.1) is 17.1 Å². The molecule has 0 N–H and O–H groups in total. The van der Waals surface area contributed by atoms with Crippen molar-refractivity contribution in [3.05, 3.63) is 28.0 Å². The SMILES string of the molecule is N#Cc1ccc(OC2COC2)c(F)c1Br. The standard InChI is InChI=1S/C10H7BrFNO2/c11-9-6(3-13)1-2-8(10(9)12)15-7-4-14-5-7/h1-2,7H,4-5H2. The molecule has 2 rings (SSSR count). The van der Waals surface area contributed by atoms with E-state index in [9.17, 15) is 4.39 Å². The summed E-state index contributed by atoms with van der Waals surface area (Å²) in [7, 11) is 0. The van der Waals surface area contributed by atoms with Crippen molar-refractivity contribution in [2.45, 2.75) is 6.10 Å². The zero-order valence-electron chi connectivity index (χ0n) is 7.67. The smallest absolute Gasteiger partial charge is 0.180 e. The maximum Gasteiger partial charge on any atom is 0.180 e. The summed E-state index contributed by atoms with van der Waals surface area (Å²) >= 11 is 3.01. The minimum absolute atomic E-state index is 0.0839. The minimum atomic E-state index is -0.541. The number of nitrogens with zero attached hydrogens (tertiary/aromatic N) is 1. The zero-order valence-corrected chi connectivity index (χ0v) is 9.25. The monoisotopic (exact) mass is 271 g/mol. The molecule has 78 valence electrons. The molecule has 3 nitrogen and oxygen atoms in total. The average Bonchev–Trinajstić information content (AvgIpc) is 2.18. The van der Waals surface area contributed by atoms with Gasteiger partial charge in [0.25, 0.3) is 0 Å². The Kier molecular flexibility index (Phi) is 2.89. The molecule has 1 fully saturated rings. The fraction of sp³-hybridized carbons (Fsp3) is 0.300. The minimum Gasteiger partial charge on any atom is -0.482 e. The molecule has 0 radical (unpaired) electrons. The second kappa shape index (κ2) is 4.17. The van der Waals surface area contributed by atoms with E-state index in [1.807, 2.05) is 6.07 Å². The van der Waals surface area contributed by atoms with Gasteiger partial charge in [-0.15, -0.1) is 0 Å². The van der Waals surface area contributed by atoms with Gasteiger partial charge in [0.1, 0.15) is 12.2 Å². The first kappa shape index (κ1) is 10.4. The molecular formula is C10H7BrFNO2. The molecule has 15 heavy (non-hydrogen) atoms. The van der Waals surface area contributed by atoms with Crippen molar-refractivity contribution in [3.63, 3.8) is 0 Å². The zero-order chi connectivity index (χ0) is 10.8. The van der Waals surface area contributed by atoms with Gasteiger partial charge in [0.05, 0.1) is 23.2 Å². The van der Waals surface area contributed by atoms with Crippen molar-refractivity contribution in [1.29, 1.82) is 5.26 Å². The summed E-state index contributed by atoms with van der Waals surface area (Å²) in [6, 6.07) is 4.85. The lowest BCUT2D eigenvalue weighted by Gasteiger charge is -2.27. The van der Waals surface area contributed by atoms with Crippen LogP contribution in [0.25, 0.3) is 0 Å². The molecule has 0 bridgehead atoms. The number of hydrogen-bond acceptors (Lipinski definition) is 3. The molecule has 1 aromatic carbocycles. The van der Waals surface area contributed by atoms with E-state index in [2.05, 4.69) is 15.9 Å². The Labute approximate surface area is 94.5 Å². The Morgan fingerprint density at radius 1 is 1.53 bits per heavy atom. The van der Waals surface area contributed by atoms with Crippen molar-refractivity contribution in [2.75, 3.05) is 13.2 Å². The third-order valence-corrected chi connectivity index (χ3v) is 2.84. The van der Waals surface area contributed by atoms with Gasteiger partial charge < -0.3 is 9.47 Å². The van der Waals surface area contributed by atoms with E-state index in [0.717, 1.165) is 0 Å². The topological polar surface area (TPSA) is 42.2 Å². The van der Waals surface area contributed by atoms with E-state index >= 15 is 0 Å². The van der Waals surface area contributed by atoms with Crippen LogP contribution in [0.5, 0.6) is 5.75 Å². The molecule has 0 amide bonds. The van der Waals surface area contributed by atoms with Crippen molar-refractivity contribution in [3.8, 4) is 11.8 Å². The summed E-state index contributed by atoms with van der Waals surface area (Å²) in [5.74, 6) is -0.393. The van der Waals surface area contributed by atoms with E-state index in [4.69, 9.17) is 14.7 Å². The van der Waals surface area contributed by atoms with Crippen LogP contribution in [-0.2, 0) is 4.74 Å². The molecule has 1 heterocycles.